The molecule has 6 nitrogen and oxygen atoms in total. The van der Waals surface area contributed by atoms with E-state index in [1.807, 2.05) is 6.92 Å². The Morgan fingerprint density at radius 3 is 2.63 bits per heavy atom. The molecule has 6 heteroatoms. The van der Waals surface area contributed by atoms with Crippen LogP contribution >= 0.6 is 0 Å². The van der Waals surface area contributed by atoms with Crippen LogP contribution in [0, 0.1) is 12.3 Å². The van der Waals surface area contributed by atoms with E-state index < -0.39 is 5.97 Å². The van der Waals surface area contributed by atoms with E-state index in [2.05, 4.69) is 15.5 Å². The van der Waals surface area contributed by atoms with Crippen molar-refractivity contribution in [3.8, 4) is 0 Å². The second kappa shape index (κ2) is 5.42. The van der Waals surface area contributed by atoms with Crippen molar-refractivity contribution in [2.75, 3.05) is 5.32 Å². The van der Waals surface area contributed by atoms with E-state index in [4.69, 9.17) is 5.11 Å². The first-order chi connectivity index (χ1) is 9.01. The zero-order valence-corrected chi connectivity index (χ0v) is 11.0. The lowest BCUT2D eigenvalue weighted by molar-refractivity contribution is -0.140. The van der Waals surface area contributed by atoms with Crippen LogP contribution in [0.3, 0.4) is 0 Å². The van der Waals surface area contributed by atoms with Crippen molar-refractivity contribution in [3.05, 3.63) is 11.8 Å². The van der Waals surface area contributed by atoms with Gasteiger partial charge in [0.15, 0.2) is 0 Å². The summed E-state index contributed by atoms with van der Waals surface area (Å²) in [6, 6.07) is 0. The summed E-state index contributed by atoms with van der Waals surface area (Å²) in [4.78, 5) is 23.0. The second-order valence-corrected chi connectivity index (χ2v) is 5.43. The van der Waals surface area contributed by atoms with Gasteiger partial charge in [0.1, 0.15) is 5.82 Å². The maximum atomic E-state index is 12.1. The number of aliphatic carboxylic acids is 1. The van der Waals surface area contributed by atoms with Crippen molar-refractivity contribution in [2.24, 2.45) is 5.41 Å². The van der Waals surface area contributed by atoms with Crippen LogP contribution in [0.2, 0.25) is 0 Å². The van der Waals surface area contributed by atoms with Gasteiger partial charge in [-0.3, -0.25) is 14.7 Å². The number of rotatable bonds is 5. The standard InChI is InChI=1S/C13H19N3O3/c1-9-8-14-16-12(9)15-10(17)6-13(7-11(18)19)4-2-3-5-13/h8H,2-7H2,1H3,(H,18,19)(H2,14,15,16,17). The molecule has 1 aromatic rings. The third-order valence-corrected chi connectivity index (χ3v) is 3.82. The van der Waals surface area contributed by atoms with Gasteiger partial charge in [0.05, 0.1) is 12.6 Å². The normalized spacial score (nSPS) is 17.3. The molecule has 1 saturated carbocycles. The van der Waals surface area contributed by atoms with E-state index in [0.29, 0.717) is 5.82 Å². The molecule has 2 rings (SSSR count). The molecule has 0 saturated heterocycles. The van der Waals surface area contributed by atoms with Crippen molar-refractivity contribution < 1.29 is 14.7 Å². The molecule has 3 N–H and O–H groups in total. The highest BCUT2D eigenvalue weighted by molar-refractivity contribution is 5.91. The first-order valence-electron chi connectivity index (χ1n) is 6.52. The van der Waals surface area contributed by atoms with Gasteiger partial charge in [-0.25, -0.2) is 0 Å². The zero-order valence-electron chi connectivity index (χ0n) is 11.0. The SMILES string of the molecule is Cc1cn[nH]c1NC(=O)CC1(CC(=O)O)CCCC1. The van der Waals surface area contributed by atoms with Crippen molar-refractivity contribution in [1.29, 1.82) is 0 Å². The van der Waals surface area contributed by atoms with Crippen LogP contribution in [-0.2, 0) is 9.59 Å². The van der Waals surface area contributed by atoms with E-state index in [0.717, 1.165) is 31.2 Å². The highest BCUT2D eigenvalue weighted by Crippen LogP contribution is 2.44. The van der Waals surface area contributed by atoms with Crippen molar-refractivity contribution in [1.82, 2.24) is 10.2 Å². The third kappa shape index (κ3) is 3.33. The fourth-order valence-corrected chi connectivity index (χ4v) is 2.86. The molecule has 0 atom stereocenters. The Bertz CT molecular complexity index is 475. The summed E-state index contributed by atoms with van der Waals surface area (Å²) < 4.78 is 0. The lowest BCUT2D eigenvalue weighted by Crippen LogP contribution is -2.28. The molecule has 1 aliphatic carbocycles. The van der Waals surface area contributed by atoms with Gasteiger partial charge in [-0.1, -0.05) is 12.8 Å². The molecule has 0 bridgehead atoms. The molecule has 19 heavy (non-hydrogen) atoms. The number of carboxylic acids is 1. The Labute approximate surface area is 111 Å². The highest BCUT2D eigenvalue weighted by Gasteiger charge is 2.38. The smallest absolute Gasteiger partial charge is 0.303 e. The predicted molar refractivity (Wildman–Crippen MR) is 69.7 cm³/mol. The topological polar surface area (TPSA) is 95.1 Å². The average Bonchev–Trinajstić information content (AvgIpc) is 2.89. The molecule has 1 heterocycles. The van der Waals surface area contributed by atoms with Gasteiger partial charge in [0.25, 0.3) is 0 Å². The number of aromatic amines is 1. The van der Waals surface area contributed by atoms with Gasteiger partial charge < -0.3 is 10.4 Å². The highest BCUT2D eigenvalue weighted by atomic mass is 16.4. The molecule has 1 aliphatic rings. The third-order valence-electron chi connectivity index (χ3n) is 3.82. The fourth-order valence-electron chi connectivity index (χ4n) is 2.86. The molecular formula is C13H19N3O3. The number of carbonyl (C=O) groups is 2. The largest absolute Gasteiger partial charge is 0.481 e. The molecular weight excluding hydrogens is 246 g/mol. The lowest BCUT2D eigenvalue weighted by atomic mass is 9.79. The van der Waals surface area contributed by atoms with Crippen molar-refractivity contribution >= 4 is 17.7 Å². The van der Waals surface area contributed by atoms with Gasteiger partial charge in [-0.05, 0) is 25.2 Å². The van der Waals surface area contributed by atoms with Crippen LogP contribution in [-0.4, -0.2) is 27.2 Å². The predicted octanol–water partition coefficient (Wildman–Crippen LogP) is 2.08. The Balaban J connectivity index is 1.99. The Kier molecular flexibility index (Phi) is 3.87. The average molecular weight is 265 g/mol. The number of nitrogens with one attached hydrogen (secondary N) is 2. The summed E-state index contributed by atoms with van der Waals surface area (Å²) in [6.07, 6.45) is 5.61. The van der Waals surface area contributed by atoms with Gasteiger partial charge in [-0.15, -0.1) is 0 Å². The van der Waals surface area contributed by atoms with Crippen LogP contribution < -0.4 is 5.32 Å². The number of anilines is 1. The molecule has 1 amide bonds. The van der Waals surface area contributed by atoms with E-state index in [-0.39, 0.29) is 24.2 Å². The van der Waals surface area contributed by atoms with Crippen LogP contribution in [0.15, 0.2) is 6.20 Å². The number of amides is 1. The van der Waals surface area contributed by atoms with Crippen LogP contribution in [0.4, 0.5) is 5.82 Å². The van der Waals surface area contributed by atoms with Crippen LogP contribution in [0.25, 0.3) is 0 Å². The first-order valence-corrected chi connectivity index (χ1v) is 6.52. The van der Waals surface area contributed by atoms with E-state index in [9.17, 15) is 9.59 Å². The summed E-state index contributed by atoms with van der Waals surface area (Å²) in [7, 11) is 0. The fraction of sp³-hybridized carbons (Fsp3) is 0.615. The van der Waals surface area contributed by atoms with E-state index >= 15 is 0 Å². The number of carboxylic acid groups (broad SMARTS) is 1. The second-order valence-electron chi connectivity index (χ2n) is 5.43. The summed E-state index contributed by atoms with van der Waals surface area (Å²) >= 11 is 0. The summed E-state index contributed by atoms with van der Waals surface area (Å²) in [5, 5.41) is 18.3. The zero-order chi connectivity index (χ0) is 13.9. The van der Waals surface area contributed by atoms with E-state index in [1.165, 1.54) is 0 Å². The van der Waals surface area contributed by atoms with Crippen molar-refractivity contribution in [3.63, 3.8) is 0 Å². The quantitative estimate of drug-likeness (QED) is 0.759. The summed E-state index contributed by atoms with van der Waals surface area (Å²) in [5.41, 5.74) is 0.496. The number of hydrogen-bond donors (Lipinski definition) is 3. The summed E-state index contributed by atoms with van der Waals surface area (Å²) in [5.74, 6) is -0.378. The number of aryl methyl sites for hydroxylation is 1. The maximum Gasteiger partial charge on any atom is 0.303 e. The molecule has 0 unspecified atom stereocenters. The maximum absolute atomic E-state index is 12.1. The number of carbonyl (C=O) groups excluding carboxylic acids is 1. The molecule has 104 valence electrons. The van der Waals surface area contributed by atoms with Crippen molar-refractivity contribution in [2.45, 2.75) is 45.4 Å². The molecule has 0 aliphatic heterocycles. The van der Waals surface area contributed by atoms with Gasteiger partial charge in [0.2, 0.25) is 5.91 Å². The Hall–Kier alpha value is -1.85. The molecule has 0 spiro atoms. The Morgan fingerprint density at radius 2 is 2.11 bits per heavy atom. The monoisotopic (exact) mass is 265 g/mol. The minimum atomic E-state index is -0.826. The molecule has 1 aromatic heterocycles. The number of H-pyrrole nitrogens is 1. The first kappa shape index (κ1) is 13.6. The Morgan fingerprint density at radius 1 is 1.42 bits per heavy atom. The van der Waals surface area contributed by atoms with Crippen LogP contribution in [0.1, 0.15) is 44.1 Å². The van der Waals surface area contributed by atoms with Gasteiger partial charge in [-0.2, -0.15) is 5.10 Å². The number of nitrogens with zero attached hydrogens (tertiary/aromatic N) is 1. The van der Waals surface area contributed by atoms with Crippen LogP contribution in [0.5, 0.6) is 0 Å². The number of aromatic nitrogens is 2. The lowest BCUT2D eigenvalue weighted by Gasteiger charge is -2.26. The minimum absolute atomic E-state index is 0.0718. The summed E-state index contributed by atoms with van der Waals surface area (Å²) in [6.45, 7) is 1.85. The number of hydrogen-bond acceptors (Lipinski definition) is 3. The van der Waals surface area contributed by atoms with Gasteiger partial charge >= 0.3 is 5.97 Å². The van der Waals surface area contributed by atoms with E-state index in [1.54, 1.807) is 6.20 Å². The molecule has 0 radical (unpaired) electrons. The minimum Gasteiger partial charge on any atom is -0.481 e. The molecule has 0 aromatic carbocycles. The molecule has 1 fully saturated rings. The van der Waals surface area contributed by atoms with Gasteiger partial charge in [0, 0.05) is 12.0 Å².